The van der Waals surface area contributed by atoms with E-state index in [-0.39, 0.29) is 17.0 Å². The summed E-state index contributed by atoms with van der Waals surface area (Å²) in [5.74, 6) is 1.16. The van der Waals surface area contributed by atoms with E-state index in [0.29, 0.717) is 37.9 Å². The Morgan fingerprint density at radius 1 is 1.30 bits per heavy atom. The van der Waals surface area contributed by atoms with Gasteiger partial charge in [-0.05, 0) is 37.3 Å². The summed E-state index contributed by atoms with van der Waals surface area (Å²) in [6.45, 7) is 1.65. The lowest BCUT2D eigenvalue weighted by Crippen LogP contribution is -2.50. The normalized spacial score (nSPS) is 25.3. The number of hydrogen-bond acceptors (Lipinski definition) is 5. The lowest BCUT2D eigenvalue weighted by molar-refractivity contribution is -0.0533. The highest BCUT2D eigenvalue weighted by Crippen LogP contribution is 2.30. The van der Waals surface area contributed by atoms with Crippen LogP contribution in [0, 0.1) is 5.92 Å². The molecule has 1 saturated carbocycles. The molecule has 6 nitrogen and oxygen atoms in total. The zero-order chi connectivity index (χ0) is 16.3. The van der Waals surface area contributed by atoms with Gasteiger partial charge in [-0.3, -0.25) is 0 Å². The highest BCUT2D eigenvalue weighted by molar-refractivity contribution is 7.89. The average molecular weight is 341 g/mol. The first-order valence-electron chi connectivity index (χ1n) is 7.94. The Morgan fingerprint density at radius 2 is 2.13 bits per heavy atom. The van der Waals surface area contributed by atoms with E-state index in [1.54, 1.807) is 18.2 Å². The van der Waals surface area contributed by atoms with Crippen LogP contribution < -0.4 is 9.46 Å². The molecule has 3 rings (SSSR count). The molecule has 1 aromatic rings. The Balaban J connectivity index is 1.68. The molecule has 2 fully saturated rings. The third kappa shape index (κ3) is 4.44. The van der Waals surface area contributed by atoms with Gasteiger partial charge in [0.05, 0.1) is 30.8 Å². The van der Waals surface area contributed by atoms with E-state index in [1.165, 1.54) is 26.0 Å². The molecule has 23 heavy (non-hydrogen) atoms. The molecule has 1 aromatic carbocycles. The predicted octanol–water partition coefficient (Wildman–Crippen LogP) is 1.56. The van der Waals surface area contributed by atoms with Crippen LogP contribution in [0.4, 0.5) is 0 Å². The van der Waals surface area contributed by atoms with Crippen LogP contribution in [0.3, 0.4) is 0 Å². The molecular formula is C16H23NO5S. The van der Waals surface area contributed by atoms with Crippen molar-refractivity contribution in [1.29, 1.82) is 0 Å². The summed E-state index contributed by atoms with van der Waals surface area (Å²) in [7, 11) is -2.13. The molecule has 2 aliphatic rings. The smallest absolute Gasteiger partial charge is 0.241 e. The summed E-state index contributed by atoms with van der Waals surface area (Å²) in [6.07, 6.45) is 3.00. The van der Waals surface area contributed by atoms with Gasteiger partial charge in [0.2, 0.25) is 10.0 Å². The van der Waals surface area contributed by atoms with Gasteiger partial charge in [-0.15, -0.1) is 0 Å². The first-order chi connectivity index (χ1) is 11.1. The Kier molecular flexibility index (Phi) is 5.21. The molecule has 1 aliphatic carbocycles. The van der Waals surface area contributed by atoms with Crippen molar-refractivity contribution >= 4 is 10.0 Å². The maximum absolute atomic E-state index is 12.6. The third-order valence-corrected chi connectivity index (χ3v) is 5.68. The fourth-order valence-corrected chi connectivity index (χ4v) is 3.89. The van der Waals surface area contributed by atoms with Crippen LogP contribution in [-0.2, 0) is 19.5 Å². The number of nitrogens with one attached hydrogen (secondary N) is 1. The highest BCUT2D eigenvalue weighted by Gasteiger charge is 2.32. The molecule has 0 aromatic heterocycles. The standard InChI is InChI=1S/C16H23NO5S/c1-20-13-3-2-4-14(9-13)23(18,19)17-15-11-21-8-7-16(15)22-10-12-5-6-12/h2-4,9,12,15-17H,5-8,10-11H2,1H3/t15-,16+/m1/s1. The first-order valence-corrected chi connectivity index (χ1v) is 9.42. The van der Waals surface area contributed by atoms with E-state index in [0.717, 1.165) is 0 Å². The number of ether oxygens (including phenoxy) is 3. The van der Waals surface area contributed by atoms with Crippen LogP contribution in [0.5, 0.6) is 5.75 Å². The van der Waals surface area contributed by atoms with Gasteiger partial charge in [-0.25, -0.2) is 13.1 Å². The minimum absolute atomic E-state index is 0.135. The summed E-state index contributed by atoms with van der Waals surface area (Å²) in [6, 6.07) is 6.07. The molecule has 128 valence electrons. The van der Waals surface area contributed by atoms with Gasteiger partial charge in [0.15, 0.2) is 0 Å². The molecule has 2 atom stereocenters. The molecule has 1 heterocycles. The Labute approximate surface area is 137 Å². The van der Waals surface area contributed by atoms with Crippen molar-refractivity contribution in [2.75, 3.05) is 26.9 Å². The van der Waals surface area contributed by atoms with Gasteiger partial charge in [0.25, 0.3) is 0 Å². The average Bonchev–Trinajstić information content (AvgIpc) is 3.38. The van der Waals surface area contributed by atoms with Crippen molar-refractivity contribution in [1.82, 2.24) is 4.72 Å². The van der Waals surface area contributed by atoms with Crippen molar-refractivity contribution in [3.63, 3.8) is 0 Å². The van der Waals surface area contributed by atoms with Gasteiger partial charge in [-0.1, -0.05) is 6.07 Å². The molecular weight excluding hydrogens is 318 g/mol. The second-order valence-corrected chi connectivity index (χ2v) is 7.80. The zero-order valence-electron chi connectivity index (χ0n) is 13.2. The number of benzene rings is 1. The van der Waals surface area contributed by atoms with E-state index in [9.17, 15) is 8.42 Å². The Hall–Kier alpha value is -1.15. The van der Waals surface area contributed by atoms with Crippen molar-refractivity contribution in [3.8, 4) is 5.75 Å². The SMILES string of the molecule is COc1cccc(S(=O)(=O)N[C@@H]2COCC[C@@H]2OCC2CC2)c1. The molecule has 0 radical (unpaired) electrons. The summed E-state index contributed by atoms with van der Waals surface area (Å²) in [5.41, 5.74) is 0. The third-order valence-electron chi connectivity index (χ3n) is 4.19. The molecule has 1 N–H and O–H groups in total. The quantitative estimate of drug-likeness (QED) is 0.815. The van der Waals surface area contributed by atoms with Gasteiger partial charge >= 0.3 is 0 Å². The first kappa shape index (κ1) is 16.7. The monoisotopic (exact) mass is 341 g/mol. The predicted molar refractivity (Wildman–Crippen MR) is 85.0 cm³/mol. The Bertz CT molecular complexity index is 629. The number of sulfonamides is 1. The van der Waals surface area contributed by atoms with Gasteiger partial charge in [-0.2, -0.15) is 0 Å². The van der Waals surface area contributed by atoms with Crippen LogP contribution >= 0.6 is 0 Å². The number of rotatable bonds is 7. The molecule has 7 heteroatoms. The van der Waals surface area contributed by atoms with Gasteiger partial charge in [0.1, 0.15) is 5.75 Å². The van der Waals surface area contributed by atoms with Gasteiger partial charge in [0, 0.05) is 19.3 Å². The van der Waals surface area contributed by atoms with Crippen molar-refractivity contribution < 1.29 is 22.6 Å². The van der Waals surface area contributed by atoms with Crippen LogP contribution in [0.15, 0.2) is 29.2 Å². The maximum atomic E-state index is 12.6. The summed E-state index contributed by atoms with van der Waals surface area (Å²) >= 11 is 0. The molecule has 0 bridgehead atoms. The lowest BCUT2D eigenvalue weighted by Gasteiger charge is -2.32. The minimum Gasteiger partial charge on any atom is -0.497 e. The fraction of sp³-hybridized carbons (Fsp3) is 0.625. The summed E-state index contributed by atoms with van der Waals surface area (Å²) < 4.78 is 44.3. The van der Waals surface area contributed by atoms with Crippen LogP contribution in [0.1, 0.15) is 19.3 Å². The molecule has 1 aliphatic heterocycles. The second-order valence-electron chi connectivity index (χ2n) is 6.09. The molecule has 1 saturated heterocycles. The molecule has 0 spiro atoms. The van der Waals surface area contributed by atoms with Crippen LogP contribution in [0.25, 0.3) is 0 Å². The van der Waals surface area contributed by atoms with Crippen LogP contribution in [0.2, 0.25) is 0 Å². The zero-order valence-corrected chi connectivity index (χ0v) is 14.1. The van der Waals surface area contributed by atoms with Gasteiger partial charge < -0.3 is 14.2 Å². The highest BCUT2D eigenvalue weighted by atomic mass is 32.2. The van der Waals surface area contributed by atoms with Crippen molar-refractivity contribution in [2.24, 2.45) is 5.92 Å². The molecule has 0 amide bonds. The number of methoxy groups -OCH3 is 1. The topological polar surface area (TPSA) is 73.9 Å². The van der Waals surface area contributed by atoms with E-state index < -0.39 is 10.0 Å². The molecule has 0 unspecified atom stereocenters. The summed E-state index contributed by atoms with van der Waals surface area (Å²) in [5, 5.41) is 0. The number of hydrogen-bond donors (Lipinski definition) is 1. The van der Waals surface area contributed by atoms with E-state index >= 15 is 0 Å². The maximum Gasteiger partial charge on any atom is 0.241 e. The Morgan fingerprint density at radius 3 is 2.87 bits per heavy atom. The van der Waals surface area contributed by atoms with Crippen molar-refractivity contribution in [2.45, 2.75) is 36.3 Å². The lowest BCUT2D eigenvalue weighted by atomic mass is 10.1. The second kappa shape index (κ2) is 7.17. The fourth-order valence-electron chi connectivity index (χ4n) is 2.61. The largest absolute Gasteiger partial charge is 0.497 e. The summed E-state index contributed by atoms with van der Waals surface area (Å²) in [4.78, 5) is 0.184. The van der Waals surface area contributed by atoms with Crippen LogP contribution in [-0.4, -0.2) is 47.5 Å². The van der Waals surface area contributed by atoms with E-state index in [4.69, 9.17) is 14.2 Å². The van der Waals surface area contributed by atoms with E-state index in [1.807, 2.05) is 0 Å². The van der Waals surface area contributed by atoms with E-state index in [2.05, 4.69) is 4.72 Å². The van der Waals surface area contributed by atoms with Crippen molar-refractivity contribution in [3.05, 3.63) is 24.3 Å². The minimum atomic E-state index is -3.64.